The van der Waals surface area contributed by atoms with Gasteiger partial charge in [-0.15, -0.1) is 0 Å². The van der Waals surface area contributed by atoms with Gasteiger partial charge >= 0.3 is 0 Å². The summed E-state index contributed by atoms with van der Waals surface area (Å²) in [6.45, 7) is 0. The maximum atomic E-state index is 13.6. The maximum absolute atomic E-state index is 13.6. The topological polar surface area (TPSA) is 52.9 Å². The Balaban J connectivity index is 2.18. The van der Waals surface area contributed by atoms with Crippen molar-refractivity contribution in [3.63, 3.8) is 0 Å². The molecule has 0 radical (unpaired) electrons. The third-order valence-electron chi connectivity index (χ3n) is 2.68. The zero-order valence-corrected chi connectivity index (χ0v) is 11.1. The van der Waals surface area contributed by atoms with Crippen molar-refractivity contribution in [3.05, 3.63) is 64.4 Å². The van der Waals surface area contributed by atoms with Gasteiger partial charge in [0.25, 0.3) is 5.91 Å². The number of carbonyl (C=O) groups excluding carboxylic acids is 1. The Labute approximate surface area is 120 Å². The number of nitrogens with zero attached hydrogens (tertiary/aromatic N) is 1. The first-order valence-corrected chi connectivity index (χ1v) is 6.21. The van der Waals surface area contributed by atoms with Gasteiger partial charge in [0, 0.05) is 5.69 Å². The molecule has 0 aliphatic heterocycles. The van der Waals surface area contributed by atoms with Crippen molar-refractivity contribution in [2.24, 2.45) is 0 Å². The second-order valence-corrected chi connectivity index (χ2v) is 4.49. The van der Waals surface area contributed by atoms with Crippen molar-refractivity contribution >= 4 is 23.2 Å². The van der Waals surface area contributed by atoms with E-state index in [-0.39, 0.29) is 10.6 Å². The average molecular weight is 289 g/mol. The molecule has 0 unspecified atom stereocenters. The van der Waals surface area contributed by atoms with Crippen LogP contribution < -0.4 is 5.32 Å². The lowest BCUT2D eigenvalue weighted by atomic mass is 10.1. The molecule has 0 aromatic heterocycles. The molecule has 2 aromatic rings. The minimum absolute atomic E-state index is 0.0589. The van der Waals surface area contributed by atoms with Gasteiger partial charge in [-0.05, 0) is 29.8 Å². The lowest BCUT2D eigenvalue weighted by molar-refractivity contribution is 0.102. The number of halogens is 2. The van der Waals surface area contributed by atoms with Crippen LogP contribution in [-0.4, -0.2) is 5.91 Å². The monoisotopic (exact) mass is 288 g/mol. The molecule has 5 heteroatoms. The predicted molar refractivity (Wildman–Crippen MR) is 75.1 cm³/mol. The number of benzene rings is 2. The van der Waals surface area contributed by atoms with Crippen LogP contribution in [0.4, 0.5) is 10.1 Å². The number of carbonyl (C=O) groups is 1. The van der Waals surface area contributed by atoms with E-state index < -0.39 is 11.7 Å². The van der Waals surface area contributed by atoms with E-state index in [2.05, 4.69) is 5.32 Å². The van der Waals surface area contributed by atoms with Gasteiger partial charge < -0.3 is 5.32 Å². The molecule has 2 rings (SSSR count). The maximum Gasteiger partial charge on any atom is 0.260 e. The summed E-state index contributed by atoms with van der Waals surface area (Å²) >= 11 is 5.82. The van der Waals surface area contributed by atoms with Gasteiger partial charge in [0.2, 0.25) is 0 Å². The Bertz CT molecular complexity index is 657. The molecule has 1 N–H and O–H groups in total. The second-order valence-electron chi connectivity index (χ2n) is 4.08. The smallest absolute Gasteiger partial charge is 0.260 e. The van der Waals surface area contributed by atoms with Gasteiger partial charge in [0.15, 0.2) is 0 Å². The molecular weight excluding hydrogens is 279 g/mol. The quantitative estimate of drug-likeness (QED) is 0.934. The molecule has 100 valence electrons. The summed E-state index contributed by atoms with van der Waals surface area (Å²) in [6, 6.07) is 12.8. The molecule has 1 amide bonds. The average Bonchev–Trinajstić information content (AvgIpc) is 2.41. The van der Waals surface area contributed by atoms with Crippen molar-refractivity contribution in [1.29, 1.82) is 5.26 Å². The highest BCUT2D eigenvalue weighted by Crippen LogP contribution is 2.20. The molecule has 0 fully saturated rings. The minimum atomic E-state index is -0.670. The lowest BCUT2D eigenvalue weighted by Crippen LogP contribution is -2.14. The second kappa shape index (κ2) is 6.18. The van der Waals surface area contributed by atoms with Crippen LogP contribution in [-0.2, 0) is 6.42 Å². The molecule has 0 spiro atoms. The van der Waals surface area contributed by atoms with Crippen LogP contribution in [0, 0.1) is 17.1 Å². The number of hydrogen-bond donors (Lipinski definition) is 1. The van der Waals surface area contributed by atoms with Crippen molar-refractivity contribution in [3.8, 4) is 6.07 Å². The van der Waals surface area contributed by atoms with Crippen LogP contribution in [0.15, 0.2) is 42.5 Å². The number of anilines is 1. The van der Waals surface area contributed by atoms with E-state index in [4.69, 9.17) is 16.9 Å². The first-order chi connectivity index (χ1) is 9.61. The molecule has 0 heterocycles. The third kappa shape index (κ3) is 3.14. The molecule has 20 heavy (non-hydrogen) atoms. The van der Waals surface area contributed by atoms with E-state index in [9.17, 15) is 9.18 Å². The Morgan fingerprint density at radius 2 is 1.95 bits per heavy atom. The molecule has 0 saturated carbocycles. The lowest BCUT2D eigenvalue weighted by Gasteiger charge is -2.08. The standard InChI is InChI=1S/C15H10ClFN2O/c16-12-2-1-3-13(17)14(12)15(20)19-11-6-4-10(5-7-11)8-9-18/h1-7H,8H2,(H,19,20). The molecular formula is C15H10ClFN2O. The van der Waals surface area contributed by atoms with Gasteiger partial charge in [-0.3, -0.25) is 4.79 Å². The van der Waals surface area contributed by atoms with E-state index in [1.807, 2.05) is 6.07 Å². The largest absolute Gasteiger partial charge is 0.322 e. The summed E-state index contributed by atoms with van der Waals surface area (Å²) in [5.41, 5.74) is 1.17. The van der Waals surface area contributed by atoms with Crippen LogP contribution in [0.1, 0.15) is 15.9 Å². The summed E-state index contributed by atoms with van der Waals surface area (Å²) in [5.74, 6) is -1.28. The van der Waals surface area contributed by atoms with E-state index >= 15 is 0 Å². The number of hydrogen-bond acceptors (Lipinski definition) is 2. The van der Waals surface area contributed by atoms with Crippen LogP contribution in [0.5, 0.6) is 0 Å². The van der Waals surface area contributed by atoms with Gasteiger partial charge in [-0.2, -0.15) is 5.26 Å². The summed E-state index contributed by atoms with van der Waals surface area (Å²) in [7, 11) is 0. The molecule has 0 atom stereocenters. The van der Waals surface area contributed by atoms with E-state index in [0.29, 0.717) is 12.1 Å². The predicted octanol–water partition coefficient (Wildman–Crippen LogP) is 3.80. The van der Waals surface area contributed by atoms with Gasteiger partial charge in [0.05, 0.1) is 23.1 Å². The molecule has 2 aromatic carbocycles. The highest BCUT2D eigenvalue weighted by molar-refractivity contribution is 6.34. The molecule has 3 nitrogen and oxygen atoms in total. The first kappa shape index (κ1) is 14.0. The number of amides is 1. The van der Waals surface area contributed by atoms with E-state index in [1.54, 1.807) is 24.3 Å². The Morgan fingerprint density at radius 1 is 1.25 bits per heavy atom. The van der Waals surface area contributed by atoms with Crippen molar-refractivity contribution in [2.75, 3.05) is 5.32 Å². The zero-order valence-electron chi connectivity index (χ0n) is 10.4. The van der Waals surface area contributed by atoms with Gasteiger partial charge in [-0.1, -0.05) is 29.8 Å². The first-order valence-electron chi connectivity index (χ1n) is 5.83. The summed E-state index contributed by atoms with van der Waals surface area (Å²) in [4.78, 5) is 12.0. The zero-order chi connectivity index (χ0) is 14.5. The normalized spacial score (nSPS) is 9.85. The fourth-order valence-electron chi connectivity index (χ4n) is 1.71. The number of nitrogens with one attached hydrogen (secondary N) is 1. The fourth-order valence-corrected chi connectivity index (χ4v) is 1.95. The van der Waals surface area contributed by atoms with Crippen LogP contribution in [0.25, 0.3) is 0 Å². The van der Waals surface area contributed by atoms with E-state index in [0.717, 1.165) is 5.56 Å². The number of rotatable bonds is 3. The Kier molecular flexibility index (Phi) is 4.34. The van der Waals surface area contributed by atoms with Crippen molar-refractivity contribution in [1.82, 2.24) is 0 Å². The summed E-state index contributed by atoms with van der Waals surface area (Å²) in [6.07, 6.45) is 0.299. The molecule has 0 aliphatic carbocycles. The van der Waals surface area contributed by atoms with E-state index in [1.165, 1.54) is 18.2 Å². The highest BCUT2D eigenvalue weighted by atomic mass is 35.5. The van der Waals surface area contributed by atoms with Crippen molar-refractivity contribution < 1.29 is 9.18 Å². The van der Waals surface area contributed by atoms with Crippen LogP contribution in [0.3, 0.4) is 0 Å². The number of nitriles is 1. The fraction of sp³-hybridized carbons (Fsp3) is 0.0667. The van der Waals surface area contributed by atoms with Crippen LogP contribution in [0.2, 0.25) is 5.02 Å². The van der Waals surface area contributed by atoms with Gasteiger partial charge in [-0.25, -0.2) is 4.39 Å². The molecule has 0 bridgehead atoms. The SMILES string of the molecule is N#CCc1ccc(NC(=O)c2c(F)cccc2Cl)cc1. The third-order valence-corrected chi connectivity index (χ3v) is 3.00. The molecule has 0 aliphatic rings. The summed E-state index contributed by atoms with van der Waals surface area (Å²) in [5, 5.41) is 11.2. The summed E-state index contributed by atoms with van der Waals surface area (Å²) < 4.78 is 13.6. The Hall–Kier alpha value is -2.38. The minimum Gasteiger partial charge on any atom is -0.322 e. The van der Waals surface area contributed by atoms with Crippen molar-refractivity contribution in [2.45, 2.75) is 6.42 Å². The highest BCUT2D eigenvalue weighted by Gasteiger charge is 2.15. The molecule has 0 saturated heterocycles. The Morgan fingerprint density at radius 3 is 2.55 bits per heavy atom. The van der Waals surface area contributed by atoms with Crippen LogP contribution >= 0.6 is 11.6 Å². The van der Waals surface area contributed by atoms with Gasteiger partial charge in [0.1, 0.15) is 5.82 Å².